The molecule has 5 nitrogen and oxygen atoms in total. The van der Waals surface area contributed by atoms with Crippen molar-refractivity contribution in [2.45, 2.75) is 12.5 Å². The van der Waals surface area contributed by atoms with Gasteiger partial charge >= 0.3 is 7.60 Å². The molecule has 0 bridgehead atoms. The van der Waals surface area contributed by atoms with Crippen molar-refractivity contribution >= 4 is 7.60 Å². The summed E-state index contributed by atoms with van der Waals surface area (Å²) in [5.41, 5.74) is -1.76. The summed E-state index contributed by atoms with van der Waals surface area (Å²) in [6.07, 6.45) is 0. The Labute approximate surface area is 94.2 Å². The Kier molecular flexibility index (Phi) is 4.24. The zero-order valence-corrected chi connectivity index (χ0v) is 9.98. The van der Waals surface area contributed by atoms with E-state index < -0.39 is 13.1 Å². The molecule has 0 spiro atoms. The average Bonchev–Trinajstić information content (AvgIpc) is 2.25. The largest absolute Gasteiger partial charge is 0.389 e. The first-order chi connectivity index (χ1) is 7.48. The van der Waals surface area contributed by atoms with E-state index in [1.807, 2.05) is 0 Å². The van der Waals surface area contributed by atoms with Crippen LogP contribution in [0.5, 0.6) is 0 Å². The van der Waals surface area contributed by atoms with Gasteiger partial charge in [-0.2, -0.15) is 0 Å². The summed E-state index contributed by atoms with van der Waals surface area (Å²) in [7, 11) is -3.40. The zero-order valence-electron chi connectivity index (χ0n) is 9.08. The fraction of sp³-hybridized carbons (Fsp3) is 0.400. The van der Waals surface area contributed by atoms with Gasteiger partial charge in [0.05, 0.1) is 0 Å². The minimum absolute atomic E-state index is 0.123. The van der Waals surface area contributed by atoms with Crippen LogP contribution in [-0.4, -0.2) is 23.5 Å². The fourth-order valence-electron chi connectivity index (χ4n) is 1.42. The molecule has 0 saturated heterocycles. The third kappa shape index (κ3) is 2.34. The molecule has 1 aromatic rings. The van der Waals surface area contributed by atoms with Gasteiger partial charge in [0.2, 0.25) is 0 Å². The van der Waals surface area contributed by atoms with Crippen molar-refractivity contribution in [1.29, 1.82) is 0 Å². The molecule has 1 radical (unpaired) electrons. The summed E-state index contributed by atoms with van der Waals surface area (Å²) in [5, 5.41) is 0. The summed E-state index contributed by atoms with van der Waals surface area (Å²) in [5.74, 6) is 0. The lowest BCUT2D eigenvalue weighted by Gasteiger charge is -2.32. The van der Waals surface area contributed by atoms with E-state index in [9.17, 15) is 14.4 Å². The van der Waals surface area contributed by atoms with Gasteiger partial charge < -0.3 is 19.3 Å². The van der Waals surface area contributed by atoms with Crippen molar-refractivity contribution in [3.8, 4) is 0 Å². The summed E-state index contributed by atoms with van der Waals surface area (Å²) in [6, 6.07) is 8.83. The molecule has 0 aliphatic heterocycles. The van der Waals surface area contributed by atoms with Gasteiger partial charge in [-0.25, -0.2) is 0 Å². The van der Waals surface area contributed by atoms with Crippen LogP contribution in [0.25, 0.3) is 0 Å². The first-order valence-corrected chi connectivity index (χ1v) is 6.30. The Morgan fingerprint density at radius 3 is 2.38 bits per heavy atom. The number of hydrogen-bond acceptors (Lipinski definition) is 3. The van der Waals surface area contributed by atoms with Crippen LogP contribution < -0.4 is 0 Å². The topological polar surface area (TPSA) is 76.0 Å². The highest BCUT2D eigenvalue weighted by Crippen LogP contribution is 2.58. The SMILES string of the molecule is CCOC(OC)(c1cc[c]cc1)P(=O)(O)O. The van der Waals surface area contributed by atoms with Gasteiger partial charge in [0.25, 0.3) is 5.53 Å². The lowest BCUT2D eigenvalue weighted by atomic mass is 10.2. The molecule has 1 unspecified atom stereocenters. The van der Waals surface area contributed by atoms with E-state index in [0.29, 0.717) is 0 Å². The highest BCUT2D eigenvalue weighted by atomic mass is 31.2. The molecule has 0 heterocycles. The van der Waals surface area contributed by atoms with Crippen LogP contribution in [0, 0.1) is 6.07 Å². The zero-order chi connectivity index (χ0) is 12.2. The lowest BCUT2D eigenvalue weighted by Crippen LogP contribution is -2.32. The van der Waals surface area contributed by atoms with Crippen molar-refractivity contribution in [3.05, 3.63) is 35.9 Å². The Bertz CT molecular complexity index is 374. The van der Waals surface area contributed by atoms with Gasteiger partial charge in [0, 0.05) is 19.3 Å². The predicted molar refractivity (Wildman–Crippen MR) is 57.6 cm³/mol. The second kappa shape index (κ2) is 5.08. The molecule has 0 amide bonds. The van der Waals surface area contributed by atoms with Crippen LogP contribution >= 0.6 is 7.60 Å². The van der Waals surface area contributed by atoms with E-state index in [4.69, 9.17) is 9.47 Å². The van der Waals surface area contributed by atoms with Crippen molar-refractivity contribution in [2.24, 2.45) is 0 Å². The van der Waals surface area contributed by atoms with E-state index in [-0.39, 0.29) is 12.2 Å². The fourth-order valence-corrected chi connectivity index (χ4v) is 2.44. The standard InChI is InChI=1S/C10H14O5P/c1-3-15-10(14-2,16(11,12)13)9-7-5-4-6-8-9/h5-8H,3H2,1-2H3,(H2,11,12,13). The molecule has 89 valence electrons. The maximum Gasteiger partial charge on any atom is 0.389 e. The number of benzene rings is 1. The van der Waals surface area contributed by atoms with Crippen LogP contribution in [0.1, 0.15) is 12.5 Å². The van der Waals surface area contributed by atoms with Gasteiger partial charge in [-0.1, -0.05) is 24.3 Å². The van der Waals surface area contributed by atoms with Crippen LogP contribution in [0.4, 0.5) is 0 Å². The van der Waals surface area contributed by atoms with Crippen molar-refractivity contribution in [2.75, 3.05) is 13.7 Å². The van der Waals surface area contributed by atoms with Gasteiger partial charge in [0.15, 0.2) is 0 Å². The van der Waals surface area contributed by atoms with Crippen LogP contribution in [0.15, 0.2) is 24.3 Å². The Morgan fingerprint density at radius 1 is 1.44 bits per heavy atom. The molecule has 0 fully saturated rings. The van der Waals surface area contributed by atoms with Crippen molar-refractivity contribution < 1.29 is 23.8 Å². The van der Waals surface area contributed by atoms with E-state index in [1.54, 1.807) is 6.92 Å². The highest BCUT2D eigenvalue weighted by molar-refractivity contribution is 7.52. The van der Waals surface area contributed by atoms with Gasteiger partial charge in [-0.05, 0) is 13.0 Å². The van der Waals surface area contributed by atoms with E-state index in [1.165, 1.54) is 31.4 Å². The molecule has 6 heteroatoms. The summed E-state index contributed by atoms with van der Waals surface area (Å²) < 4.78 is 21.6. The van der Waals surface area contributed by atoms with Crippen molar-refractivity contribution in [3.63, 3.8) is 0 Å². The number of ether oxygens (including phenoxy) is 2. The van der Waals surface area contributed by atoms with Gasteiger partial charge in [-0.15, -0.1) is 0 Å². The molecule has 1 rings (SSSR count). The highest BCUT2D eigenvalue weighted by Gasteiger charge is 2.50. The quantitative estimate of drug-likeness (QED) is 0.606. The maximum atomic E-state index is 11.5. The molecule has 1 atom stereocenters. The smallest absolute Gasteiger partial charge is 0.340 e. The first-order valence-electron chi connectivity index (χ1n) is 4.69. The van der Waals surface area contributed by atoms with E-state index in [2.05, 4.69) is 6.07 Å². The third-order valence-corrected chi connectivity index (χ3v) is 3.42. The van der Waals surface area contributed by atoms with Crippen LogP contribution in [-0.2, 0) is 19.6 Å². The van der Waals surface area contributed by atoms with E-state index >= 15 is 0 Å². The molecule has 0 aliphatic rings. The molecule has 1 aromatic carbocycles. The number of hydrogen-bond donors (Lipinski definition) is 2. The minimum atomic E-state index is -4.60. The summed E-state index contributed by atoms with van der Waals surface area (Å²) >= 11 is 0. The van der Waals surface area contributed by atoms with Gasteiger partial charge in [-0.3, -0.25) is 4.57 Å². The average molecular weight is 245 g/mol. The van der Waals surface area contributed by atoms with Crippen molar-refractivity contribution in [1.82, 2.24) is 0 Å². The maximum absolute atomic E-state index is 11.5. The third-order valence-electron chi connectivity index (χ3n) is 2.08. The van der Waals surface area contributed by atoms with E-state index in [0.717, 1.165) is 0 Å². The predicted octanol–water partition coefficient (Wildman–Crippen LogP) is 1.46. The number of rotatable bonds is 5. The molecule has 0 saturated carbocycles. The molecular weight excluding hydrogens is 231 g/mol. The van der Waals surface area contributed by atoms with Gasteiger partial charge in [0.1, 0.15) is 0 Å². The Hall–Kier alpha value is -0.710. The Morgan fingerprint density at radius 2 is 2.00 bits per heavy atom. The molecule has 0 aromatic heterocycles. The second-order valence-corrected chi connectivity index (χ2v) is 4.73. The summed E-state index contributed by atoms with van der Waals surface area (Å²) in [6.45, 7) is 1.76. The molecule has 16 heavy (non-hydrogen) atoms. The number of methoxy groups -OCH3 is 1. The summed E-state index contributed by atoms with van der Waals surface area (Å²) in [4.78, 5) is 18.7. The van der Waals surface area contributed by atoms with Crippen LogP contribution in [0.2, 0.25) is 0 Å². The normalized spacial score (nSPS) is 15.8. The molecule has 2 N–H and O–H groups in total. The monoisotopic (exact) mass is 245 g/mol. The minimum Gasteiger partial charge on any atom is -0.340 e. The molecular formula is C10H14O5P. The molecule has 0 aliphatic carbocycles. The second-order valence-electron chi connectivity index (χ2n) is 3.05. The Balaban J connectivity index is 3.29. The first kappa shape index (κ1) is 13.4. The van der Waals surface area contributed by atoms with Crippen LogP contribution in [0.3, 0.4) is 0 Å². The lowest BCUT2D eigenvalue weighted by molar-refractivity contribution is -0.178.